The van der Waals surface area contributed by atoms with Crippen molar-refractivity contribution in [1.29, 1.82) is 0 Å². The minimum Gasteiger partial charge on any atom is -0.491 e. The molecule has 0 amide bonds. The van der Waals surface area contributed by atoms with E-state index in [0.717, 1.165) is 32.7 Å². The summed E-state index contributed by atoms with van der Waals surface area (Å²) in [5.74, 6) is -0.144. The summed E-state index contributed by atoms with van der Waals surface area (Å²) in [6, 6.07) is 5.16. The molecule has 0 bridgehead atoms. The summed E-state index contributed by atoms with van der Waals surface area (Å²) in [5.41, 5.74) is 0. The number of benzene rings is 1. The molecule has 0 aliphatic carbocycles. The highest BCUT2D eigenvalue weighted by molar-refractivity contribution is 6.35. The van der Waals surface area contributed by atoms with E-state index in [-0.39, 0.29) is 6.54 Å². The number of carboxylic acids is 1. The van der Waals surface area contributed by atoms with Gasteiger partial charge in [-0.15, -0.1) is 0 Å². The van der Waals surface area contributed by atoms with Crippen molar-refractivity contribution in [1.82, 2.24) is 9.80 Å². The van der Waals surface area contributed by atoms with Crippen molar-refractivity contribution in [2.75, 3.05) is 45.9 Å². The van der Waals surface area contributed by atoms with Gasteiger partial charge in [-0.1, -0.05) is 23.2 Å². The summed E-state index contributed by atoms with van der Waals surface area (Å²) in [7, 11) is 0. The summed E-state index contributed by atoms with van der Waals surface area (Å²) < 4.78 is 5.65. The molecule has 0 unspecified atom stereocenters. The zero-order chi connectivity index (χ0) is 15.2. The maximum absolute atomic E-state index is 10.6. The van der Waals surface area contributed by atoms with Gasteiger partial charge in [-0.25, -0.2) is 0 Å². The highest BCUT2D eigenvalue weighted by Gasteiger charge is 2.18. The summed E-state index contributed by atoms with van der Waals surface area (Å²) in [6.07, 6.45) is 0. The Kier molecular flexibility index (Phi) is 6.11. The lowest BCUT2D eigenvalue weighted by atomic mass is 10.3. The van der Waals surface area contributed by atoms with Gasteiger partial charge in [0, 0.05) is 37.7 Å². The van der Waals surface area contributed by atoms with Crippen molar-refractivity contribution >= 4 is 29.2 Å². The zero-order valence-electron chi connectivity index (χ0n) is 11.6. The molecule has 0 aromatic heterocycles. The predicted octanol–water partition coefficient (Wildman–Crippen LogP) is 2.07. The first-order valence-electron chi connectivity index (χ1n) is 6.79. The second-order valence-electron chi connectivity index (χ2n) is 4.93. The molecule has 21 heavy (non-hydrogen) atoms. The van der Waals surface area contributed by atoms with Crippen LogP contribution in [0.1, 0.15) is 0 Å². The Morgan fingerprint density at radius 1 is 1.19 bits per heavy atom. The Morgan fingerprint density at radius 2 is 1.86 bits per heavy atom. The Morgan fingerprint density at radius 3 is 2.48 bits per heavy atom. The zero-order valence-corrected chi connectivity index (χ0v) is 13.1. The first-order valence-corrected chi connectivity index (χ1v) is 7.54. The first-order chi connectivity index (χ1) is 10.0. The average molecular weight is 333 g/mol. The maximum Gasteiger partial charge on any atom is 0.317 e. The smallest absolute Gasteiger partial charge is 0.317 e. The van der Waals surface area contributed by atoms with E-state index < -0.39 is 5.97 Å². The second-order valence-corrected chi connectivity index (χ2v) is 5.78. The third-order valence-corrected chi connectivity index (χ3v) is 3.91. The number of carbonyl (C=O) groups is 1. The molecule has 7 heteroatoms. The summed E-state index contributed by atoms with van der Waals surface area (Å²) in [5, 5.41) is 9.84. The predicted molar refractivity (Wildman–Crippen MR) is 82.5 cm³/mol. The van der Waals surface area contributed by atoms with Crippen LogP contribution in [-0.4, -0.2) is 66.8 Å². The van der Waals surface area contributed by atoms with E-state index in [0.29, 0.717) is 22.4 Å². The van der Waals surface area contributed by atoms with Crippen LogP contribution in [0.5, 0.6) is 5.75 Å². The Bertz CT molecular complexity index is 491. The molecule has 1 heterocycles. The van der Waals surface area contributed by atoms with Crippen molar-refractivity contribution in [3.05, 3.63) is 28.2 Å². The first kappa shape index (κ1) is 16.4. The van der Waals surface area contributed by atoms with Crippen molar-refractivity contribution in [2.45, 2.75) is 0 Å². The number of rotatable bonds is 6. The van der Waals surface area contributed by atoms with Crippen molar-refractivity contribution in [3.8, 4) is 5.75 Å². The summed E-state index contributed by atoms with van der Waals surface area (Å²) in [4.78, 5) is 14.8. The van der Waals surface area contributed by atoms with E-state index in [1.54, 1.807) is 18.2 Å². The lowest BCUT2D eigenvalue weighted by molar-refractivity contribution is -0.138. The number of piperazine rings is 1. The third kappa shape index (κ3) is 5.36. The number of halogens is 2. The molecular formula is C14H18Cl2N2O3. The molecule has 1 fully saturated rings. The largest absolute Gasteiger partial charge is 0.491 e. The van der Waals surface area contributed by atoms with Crippen LogP contribution >= 0.6 is 23.2 Å². The summed E-state index contributed by atoms with van der Waals surface area (Å²) >= 11 is 11.9. The molecule has 0 spiro atoms. The van der Waals surface area contributed by atoms with Crippen LogP contribution < -0.4 is 4.74 Å². The van der Waals surface area contributed by atoms with Gasteiger partial charge >= 0.3 is 5.97 Å². The molecular weight excluding hydrogens is 315 g/mol. The number of hydrogen-bond donors (Lipinski definition) is 1. The Labute approximate surface area is 134 Å². The molecule has 1 N–H and O–H groups in total. The number of ether oxygens (including phenoxy) is 1. The summed E-state index contributed by atoms with van der Waals surface area (Å²) in [6.45, 7) is 4.70. The quantitative estimate of drug-likeness (QED) is 0.864. The highest BCUT2D eigenvalue weighted by atomic mass is 35.5. The molecule has 116 valence electrons. The molecule has 1 aliphatic rings. The van der Waals surface area contributed by atoms with Crippen LogP contribution in [0, 0.1) is 0 Å². The van der Waals surface area contributed by atoms with Gasteiger partial charge in [0.25, 0.3) is 0 Å². The van der Waals surface area contributed by atoms with Gasteiger partial charge < -0.3 is 9.84 Å². The maximum atomic E-state index is 10.6. The van der Waals surface area contributed by atoms with E-state index >= 15 is 0 Å². The van der Waals surface area contributed by atoms with E-state index in [2.05, 4.69) is 4.90 Å². The van der Waals surface area contributed by atoms with Crippen molar-refractivity contribution in [3.63, 3.8) is 0 Å². The minimum absolute atomic E-state index is 0.116. The third-order valence-electron chi connectivity index (χ3n) is 3.38. The van der Waals surface area contributed by atoms with Crippen LogP contribution in [0.2, 0.25) is 10.0 Å². The lowest BCUT2D eigenvalue weighted by Gasteiger charge is -2.33. The van der Waals surface area contributed by atoms with Gasteiger partial charge in [0.1, 0.15) is 12.4 Å². The molecule has 1 saturated heterocycles. The van der Waals surface area contributed by atoms with Crippen LogP contribution in [-0.2, 0) is 4.79 Å². The van der Waals surface area contributed by atoms with Gasteiger partial charge in [0.15, 0.2) is 0 Å². The fraction of sp³-hybridized carbons (Fsp3) is 0.500. The number of aliphatic carboxylic acids is 1. The minimum atomic E-state index is -0.774. The van der Waals surface area contributed by atoms with Gasteiger partial charge in [0.2, 0.25) is 0 Å². The van der Waals surface area contributed by atoms with Gasteiger partial charge in [0.05, 0.1) is 11.6 Å². The molecule has 0 radical (unpaired) electrons. The lowest BCUT2D eigenvalue weighted by Crippen LogP contribution is -2.48. The van der Waals surface area contributed by atoms with Gasteiger partial charge in [-0.3, -0.25) is 14.6 Å². The van der Waals surface area contributed by atoms with Crippen LogP contribution in [0.4, 0.5) is 0 Å². The second kappa shape index (κ2) is 7.84. The molecule has 1 aliphatic heterocycles. The van der Waals surface area contributed by atoms with E-state index in [4.69, 9.17) is 33.0 Å². The van der Waals surface area contributed by atoms with Crippen LogP contribution in [0.25, 0.3) is 0 Å². The number of nitrogens with zero attached hydrogens (tertiary/aromatic N) is 2. The van der Waals surface area contributed by atoms with Gasteiger partial charge in [-0.05, 0) is 18.2 Å². The molecule has 2 rings (SSSR count). The van der Waals surface area contributed by atoms with Gasteiger partial charge in [-0.2, -0.15) is 0 Å². The molecule has 1 aromatic carbocycles. The standard InChI is InChI=1S/C14H18Cl2N2O3/c15-11-1-2-13(12(16)9-11)21-8-7-17-3-5-18(6-4-17)10-14(19)20/h1-2,9H,3-8,10H2,(H,19,20). The van der Waals surface area contributed by atoms with E-state index in [9.17, 15) is 4.79 Å². The number of hydrogen-bond acceptors (Lipinski definition) is 4. The van der Waals surface area contributed by atoms with Crippen LogP contribution in [0.3, 0.4) is 0 Å². The van der Waals surface area contributed by atoms with Crippen LogP contribution in [0.15, 0.2) is 18.2 Å². The monoisotopic (exact) mass is 332 g/mol. The molecule has 0 atom stereocenters. The van der Waals surface area contributed by atoms with Crippen molar-refractivity contribution < 1.29 is 14.6 Å². The SMILES string of the molecule is O=C(O)CN1CCN(CCOc2ccc(Cl)cc2Cl)CC1. The number of carboxylic acid groups (broad SMARTS) is 1. The van der Waals surface area contributed by atoms with E-state index in [1.807, 2.05) is 4.90 Å². The molecule has 0 saturated carbocycles. The fourth-order valence-electron chi connectivity index (χ4n) is 2.24. The Balaban J connectivity index is 1.69. The molecule has 5 nitrogen and oxygen atoms in total. The Hall–Kier alpha value is -1.01. The highest BCUT2D eigenvalue weighted by Crippen LogP contribution is 2.27. The van der Waals surface area contributed by atoms with E-state index in [1.165, 1.54) is 0 Å². The molecule has 1 aromatic rings. The van der Waals surface area contributed by atoms with Crippen molar-refractivity contribution in [2.24, 2.45) is 0 Å². The topological polar surface area (TPSA) is 53.0 Å². The average Bonchev–Trinajstić information content (AvgIpc) is 2.42. The fourth-order valence-corrected chi connectivity index (χ4v) is 2.70. The normalized spacial score (nSPS) is 16.9.